The molecule has 4 nitrogen and oxygen atoms in total. The van der Waals surface area contributed by atoms with Gasteiger partial charge in [-0.1, -0.05) is 79.7 Å². The standard InChI is InChI=1S/C28H52O4SSi2/c1-10-24(8)28(32-35(14-5,15-6)16-7)25(9)27(31-34(11-2,12-3)13-4)22-23-33(29,30)26-20-18-17-19-21-26/h10,17-21,24-25,27-28H,1,11-16,22-23H2,2-9H3. The Labute approximate surface area is 219 Å². The summed E-state index contributed by atoms with van der Waals surface area (Å²) in [5.74, 6) is 0.321. The molecule has 0 aliphatic rings. The maximum atomic E-state index is 13.2. The van der Waals surface area contributed by atoms with E-state index in [0.717, 1.165) is 36.3 Å². The molecule has 0 bridgehead atoms. The van der Waals surface area contributed by atoms with Crippen LogP contribution in [0.5, 0.6) is 0 Å². The van der Waals surface area contributed by atoms with Crippen LogP contribution in [0.4, 0.5) is 0 Å². The molecule has 1 aromatic rings. The molecular weight excluding hydrogens is 489 g/mol. The van der Waals surface area contributed by atoms with Crippen molar-refractivity contribution in [2.75, 3.05) is 5.75 Å². The average Bonchev–Trinajstić information content (AvgIpc) is 2.90. The normalized spacial score (nSPS) is 16.5. The Kier molecular flexibility index (Phi) is 13.7. The van der Waals surface area contributed by atoms with Crippen molar-refractivity contribution in [3.05, 3.63) is 43.0 Å². The van der Waals surface area contributed by atoms with Crippen molar-refractivity contribution in [3.8, 4) is 0 Å². The van der Waals surface area contributed by atoms with Crippen molar-refractivity contribution in [1.82, 2.24) is 0 Å². The third kappa shape index (κ3) is 8.66. The molecule has 7 heteroatoms. The Morgan fingerprint density at radius 2 is 1.29 bits per heavy atom. The maximum Gasteiger partial charge on any atom is 0.192 e. The monoisotopic (exact) mass is 540 g/mol. The lowest BCUT2D eigenvalue weighted by Gasteiger charge is -2.43. The van der Waals surface area contributed by atoms with Crippen LogP contribution in [0.1, 0.15) is 61.8 Å². The second kappa shape index (κ2) is 14.9. The molecule has 4 unspecified atom stereocenters. The zero-order chi connectivity index (χ0) is 26.7. The fraction of sp³-hybridized carbons (Fsp3) is 0.714. The van der Waals surface area contributed by atoms with E-state index < -0.39 is 26.5 Å². The molecule has 4 atom stereocenters. The van der Waals surface area contributed by atoms with Crippen LogP contribution in [0, 0.1) is 11.8 Å². The Morgan fingerprint density at radius 3 is 1.71 bits per heavy atom. The zero-order valence-corrected chi connectivity index (χ0v) is 26.5. The van der Waals surface area contributed by atoms with Gasteiger partial charge in [0.05, 0.1) is 22.9 Å². The molecule has 0 spiro atoms. The lowest BCUT2D eigenvalue weighted by Crippen LogP contribution is -2.50. The largest absolute Gasteiger partial charge is 0.414 e. The highest BCUT2D eigenvalue weighted by molar-refractivity contribution is 7.91. The van der Waals surface area contributed by atoms with E-state index in [0.29, 0.717) is 11.3 Å². The molecule has 0 aliphatic carbocycles. The minimum atomic E-state index is -3.38. The van der Waals surface area contributed by atoms with E-state index in [4.69, 9.17) is 8.85 Å². The summed E-state index contributed by atoms with van der Waals surface area (Å²) in [5, 5.41) is 0. The number of benzene rings is 1. The second-order valence-corrected chi connectivity index (χ2v) is 21.7. The van der Waals surface area contributed by atoms with Crippen LogP contribution < -0.4 is 0 Å². The van der Waals surface area contributed by atoms with Crippen molar-refractivity contribution < 1.29 is 17.3 Å². The second-order valence-electron chi connectivity index (χ2n) is 10.1. The van der Waals surface area contributed by atoms with Crippen molar-refractivity contribution in [2.24, 2.45) is 11.8 Å². The van der Waals surface area contributed by atoms with Crippen LogP contribution in [0.15, 0.2) is 47.9 Å². The molecule has 0 amide bonds. The molecule has 1 rings (SSSR count). The van der Waals surface area contributed by atoms with Gasteiger partial charge in [-0.3, -0.25) is 0 Å². The number of hydrogen-bond donors (Lipinski definition) is 0. The van der Waals surface area contributed by atoms with Crippen LogP contribution >= 0.6 is 0 Å². The molecule has 0 fully saturated rings. The third-order valence-corrected chi connectivity index (χ3v) is 19.5. The summed E-state index contributed by atoms with van der Waals surface area (Å²) in [6.45, 7) is 21.9. The van der Waals surface area contributed by atoms with Gasteiger partial charge in [-0.25, -0.2) is 8.42 Å². The molecule has 0 N–H and O–H groups in total. The van der Waals surface area contributed by atoms with Crippen LogP contribution in [0.25, 0.3) is 0 Å². The topological polar surface area (TPSA) is 52.6 Å². The SMILES string of the molecule is C=CC(C)C(O[Si](CC)(CC)CC)C(C)C(CCS(=O)(=O)c1ccccc1)O[Si](CC)(CC)CC. The molecule has 0 radical (unpaired) electrons. The summed E-state index contributed by atoms with van der Waals surface area (Å²) in [6.07, 6.45) is 2.28. The van der Waals surface area contributed by atoms with Crippen molar-refractivity contribution in [3.63, 3.8) is 0 Å². The number of sulfone groups is 1. The van der Waals surface area contributed by atoms with Gasteiger partial charge in [0.25, 0.3) is 0 Å². The molecule has 0 saturated carbocycles. The van der Waals surface area contributed by atoms with Crippen LogP contribution in [-0.2, 0) is 18.7 Å². The van der Waals surface area contributed by atoms with E-state index in [9.17, 15) is 8.42 Å². The van der Waals surface area contributed by atoms with E-state index >= 15 is 0 Å². The summed E-state index contributed by atoms with van der Waals surface area (Å²) in [4.78, 5) is 0.387. The quantitative estimate of drug-likeness (QED) is 0.139. The van der Waals surface area contributed by atoms with Crippen molar-refractivity contribution in [1.29, 1.82) is 0 Å². The molecule has 0 heterocycles. The minimum absolute atomic E-state index is 0.0271. The van der Waals surface area contributed by atoms with Gasteiger partial charge in [0.15, 0.2) is 26.5 Å². The first-order valence-electron chi connectivity index (χ1n) is 13.8. The fourth-order valence-corrected chi connectivity index (χ4v) is 12.4. The molecule has 0 saturated heterocycles. The first-order chi connectivity index (χ1) is 16.5. The van der Waals surface area contributed by atoms with Crippen molar-refractivity contribution >= 4 is 26.5 Å². The van der Waals surface area contributed by atoms with Gasteiger partial charge < -0.3 is 8.85 Å². The van der Waals surface area contributed by atoms with Gasteiger partial charge in [-0.05, 0) is 60.7 Å². The van der Waals surface area contributed by atoms with E-state index in [1.165, 1.54) is 0 Å². The highest BCUT2D eigenvalue weighted by Crippen LogP contribution is 2.35. The summed E-state index contributed by atoms with van der Waals surface area (Å²) in [6, 6.07) is 15.1. The number of hydrogen-bond acceptors (Lipinski definition) is 4. The van der Waals surface area contributed by atoms with E-state index in [2.05, 4.69) is 62.0 Å². The Bertz CT molecular complexity index is 819. The van der Waals surface area contributed by atoms with Gasteiger partial charge in [0.1, 0.15) is 0 Å². The van der Waals surface area contributed by atoms with Gasteiger partial charge in [-0.15, -0.1) is 6.58 Å². The summed E-state index contributed by atoms with van der Waals surface area (Å²) >= 11 is 0. The van der Waals surface area contributed by atoms with Gasteiger partial charge >= 0.3 is 0 Å². The van der Waals surface area contributed by atoms with Crippen LogP contribution in [-0.4, -0.2) is 43.0 Å². The lowest BCUT2D eigenvalue weighted by molar-refractivity contribution is 0.0182. The lowest BCUT2D eigenvalue weighted by atomic mass is 9.88. The first-order valence-corrected chi connectivity index (χ1v) is 20.5. The van der Waals surface area contributed by atoms with E-state index in [1.807, 2.05) is 12.1 Å². The van der Waals surface area contributed by atoms with E-state index in [-0.39, 0.29) is 29.8 Å². The summed E-state index contributed by atoms with van der Waals surface area (Å²) < 4.78 is 40.5. The van der Waals surface area contributed by atoms with Gasteiger partial charge in [-0.2, -0.15) is 0 Å². The molecule has 0 aromatic heterocycles. The van der Waals surface area contributed by atoms with Crippen LogP contribution in [0.3, 0.4) is 0 Å². The van der Waals surface area contributed by atoms with Gasteiger partial charge in [0, 0.05) is 5.92 Å². The maximum absolute atomic E-state index is 13.2. The van der Waals surface area contributed by atoms with Crippen LogP contribution in [0.2, 0.25) is 36.3 Å². The Balaban J connectivity index is 3.37. The predicted octanol–water partition coefficient (Wildman–Crippen LogP) is 8.09. The Morgan fingerprint density at radius 1 is 0.829 bits per heavy atom. The number of rotatable bonds is 18. The predicted molar refractivity (Wildman–Crippen MR) is 156 cm³/mol. The Hall–Kier alpha value is -0.736. The fourth-order valence-electron chi connectivity index (χ4n) is 5.10. The average molecular weight is 541 g/mol. The molecule has 0 aliphatic heterocycles. The van der Waals surface area contributed by atoms with Crippen molar-refractivity contribution in [2.45, 2.75) is 115 Å². The summed E-state index contributed by atoms with van der Waals surface area (Å²) in [5.41, 5.74) is 0. The third-order valence-electron chi connectivity index (χ3n) is 8.42. The van der Waals surface area contributed by atoms with E-state index in [1.54, 1.807) is 24.3 Å². The smallest absolute Gasteiger partial charge is 0.192 e. The molecule has 202 valence electrons. The molecular formula is C28H52O4SSi2. The highest BCUT2D eigenvalue weighted by atomic mass is 32.2. The zero-order valence-electron chi connectivity index (χ0n) is 23.7. The minimum Gasteiger partial charge on any atom is -0.414 e. The first kappa shape index (κ1) is 32.3. The molecule has 35 heavy (non-hydrogen) atoms. The van der Waals surface area contributed by atoms with Gasteiger partial charge in [0.2, 0.25) is 0 Å². The molecule has 1 aromatic carbocycles. The highest BCUT2D eigenvalue weighted by Gasteiger charge is 2.41. The summed E-state index contributed by atoms with van der Waals surface area (Å²) in [7, 11) is -7.21.